The summed E-state index contributed by atoms with van der Waals surface area (Å²) < 4.78 is 7.23. The fourth-order valence-corrected chi connectivity index (χ4v) is 24.0. The number of nitrogens with zero attached hydrogens (tertiary/aromatic N) is 3. The maximum atomic E-state index is 2.41. The van der Waals surface area contributed by atoms with E-state index in [1.807, 2.05) is 0 Å². The number of benzene rings is 27. The molecule has 0 aliphatic heterocycles. The Morgan fingerprint density at radius 1 is 0.0940 bits per heavy atom. The Morgan fingerprint density at radius 3 is 0.631 bits per heavy atom. The molecule has 0 fully saturated rings. The van der Waals surface area contributed by atoms with E-state index in [9.17, 15) is 0 Å². The molecule has 0 aliphatic rings. The highest BCUT2D eigenvalue weighted by atomic mass is 15.0. The zero-order valence-electron chi connectivity index (χ0n) is 81.7. The van der Waals surface area contributed by atoms with Crippen LogP contribution in [0.15, 0.2) is 576 Å². The van der Waals surface area contributed by atoms with Crippen molar-refractivity contribution in [3.8, 4) is 128 Å². The Hall–Kier alpha value is -19.6. The Bertz CT molecular complexity index is 10300. The molecule has 0 saturated heterocycles. The fourth-order valence-electron chi connectivity index (χ4n) is 24.0. The maximum Gasteiger partial charge on any atom is 0.0541 e. The van der Waals surface area contributed by atoms with Gasteiger partial charge >= 0.3 is 0 Å². The van der Waals surface area contributed by atoms with Gasteiger partial charge in [0.1, 0.15) is 0 Å². The summed E-state index contributed by atoms with van der Waals surface area (Å²) in [7, 11) is 0. The molecule has 0 saturated carbocycles. The van der Waals surface area contributed by atoms with E-state index in [1.54, 1.807) is 0 Å². The molecule has 0 aliphatic carbocycles. The van der Waals surface area contributed by atoms with Crippen molar-refractivity contribution in [3.63, 3.8) is 0 Å². The molecule has 3 heterocycles. The van der Waals surface area contributed by atoms with Gasteiger partial charge in [0.25, 0.3) is 0 Å². The number of fused-ring (bicyclic) bond motifs is 17. The van der Waals surface area contributed by atoms with Gasteiger partial charge in [0.15, 0.2) is 0 Å². The van der Waals surface area contributed by atoms with Gasteiger partial charge in [0.2, 0.25) is 0 Å². The molecule has 694 valence electrons. The standard InChI is InChI=1S/C50H33N.2C48H31N/c1-3-13-34(14-4-1)35-23-25-36(26-24-35)39-29-32-48-46(33-39)41-17-11-12-22-47(41)51(48)40-30-27-38(28-31-40)50-44-20-9-7-18-42(44)49(37-15-5-2-6-16-37)43-19-8-10-21-45(43)50;1-2-14-33(15-3-1)47-40-19-6-8-21-42(40)48(43-22-9-7-20-41(43)47)34-25-28-36(29-26-34)49-45-24-11-10-18-39(45)44-31-35(27-30-46(44)49)38-23-12-16-32-13-4-5-17-37(32)38;1-2-13-33(14-3-1)47-40-17-6-8-19-42(40)48(43-20-9-7-18-41(43)47)34-24-27-38(28-25-34)49-45-21-11-10-16-39(45)44-31-37(26-29-46(44)49)36-23-22-32-12-4-5-15-35(32)30-36/h1-33H;2*1-31H. The molecule has 0 unspecified atom stereocenters. The first kappa shape index (κ1) is 87.2. The van der Waals surface area contributed by atoms with Gasteiger partial charge in [-0.25, -0.2) is 0 Å². The zero-order valence-corrected chi connectivity index (χ0v) is 81.7. The number of hydrogen-bond acceptors (Lipinski definition) is 0. The molecule has 3 aromatic heterocycles. The summed E-state index contributed by atoms with van der Waals surface area (Å²) in [6.07, 6.45) is 0. The molecule has 0 atom stereocenters. The lowest BCUT2D eigenvalue weighted by Crippen LogP contribution is -1.94. The van der Waals surface area contributed by atoms with Gasteiger partial charge in [-0.2, -0.15) is 0 Å². The predicted octanol–water partition coefficient (Wildman–Crippen LogP) is 40.2. The van der Waals surface area contributed by atoms with Gasteiger partial charge in [0.05, 0.1) is 33.1 Å². The quantitative estimate of drug-likeness (QED) is 0.102. The number of rotatable bonds is 13. The van der Waals surface area contributed by atoms with Crippen LogP contribution in [0.3, 0.4) is 0 Å². The normalized spacial score (nSPS) is 11.6. The van der Waals surface area contributed by atoms with E-state index in [4.69, 9.17) is 0 Å². The first-order chi connectivity index (χ1) is 74.0. The van der Waals surface area contributed by atoms with Crippen LogP contribution in [0.1, 0.15) is 0 Å². The molecule has 0 radical (unpaired) electrons. The van der Waals surface area contributed by atoms with Gasteiger partial charge in [0, 0.05) is 49.4 Å². The van der Waals surface area contributed by atoms with Gasteiger partial charge < -0.3 is 13.7 Å². The van der Waals surface area contributed by atoms with Gasteiger partial charge in [-0.15, -0.1) is 0 Å². The summed E-state index contributed by atoms with van der Waals surface area (Å²) in [4.78, 5) is 0. The van der Waals surface area contributed by atoms with Crippen molar-refractivity contribution in [1.29, 1.82) is 0 Å². The third kappa shape index (κ3) is 15.2. The molecule has 27 aromatic carbocycles. The molecule has 30 rings (SSSR count). The van der Waals surface area contributed by atoms with Gasteiger partial charge in [-0.05, 0) is 295 Å². The van der Waals surface area contributed by atoms with E-state index < -0.39 is 0 Å². The third-order valence-corrected chi connectivity index (χ3v) is 30.8. The Kier molecular flexibility index (Phi) is 21.7. The molecule has 0 spiro atoms. The highest BCUT2D eigenvalue weighted by molar-refractivity contribution is 6.26. The molecular weight excluding hydrogens is 1800 g/mol. The minimum absolute atomic E-state index is 1.15. The van der Waals surface area contributed by atoms with Crippen molar-refractivity contribution in [1.82, 2.24) is 13.7 Å². The smallest absolute Gasteiger partial charge is 0.0541 e. The SMILES string of the molecule is c1ccc(-c2c3ccccc3c(-c3ccc(-n4c5ccccc5c5cc(-c6ccc7ccccc7c6)ccc54)cc3)c3ccccc23)cc1.c1ccc(-c2c3ccccc3c(-c3ccc(-n4c5ccccc5c5cc(-c6cccc7ccccc67)ccc54)cc3)c3ccccc23)cc1.c1ccc(-c2ccc(-c3ccc4c(c3)c3ccccc3n4-c3ccc(-c4c5ccccc5c(-c5ccccc5)c5ccccc45)cc3)cc2)cc1. The van der Waals surface area contributed by atoms with Crippen molar-refractivity contribution in [2.24, 2.45) is 0 Å². The summed E-state index contributed by atoms with van der Waals surface area (Å²) in [6.45, 7) is 0. The van der Waals surface area contributed by atoms with E-state index in [0.29, 0.717) is 0 Å². The van der Waals surface area contributed by atoms with Crippen molar-refractivity contribution in [2.45, 2.75) is 0 Å². The van der Waals surface area contributed by atoms with Gasteiger partial charge in [-0.1, -0.05) is 479 Å². The monoisotopic (exact) mass is 1890 g/mol. The maximum absolute atomic E-state index is 2.41. The number of aromatic nitrogens is 3. The minimum Gasteiger partial charge on any atom is -0.309 e. The minimum atomic E-state index is 1.15. The zero-order chi connectivity index (χ0) is 98.4. The largest absolute Gasteiger partial charge is 0.309 e. The Balaban J connectivity index is 0.000000108. The van der Waals surface area contributed by atoms with E-state index >= 15 is 0 Å². The number of para-hydroxylation sites is 3. The Labute approximate surface area is 863 Å². The van der Waals surface area contributed by atoms with E-state index in [1.165, 1.54) is 263 Å². The van der Waals surface area contributed by atoms with Crippen LogP contribution in [0.25, 0.3) is 280 Å². The average molecular weight is 1890 g/mol. The lowest BCUT2D eigenvalue weighted by molar-refractivity contribution is 1.18. The molecule has 3 heteroatoms. The molecule has 0 amide bonds. The van der Waals surface area contributed by atoms with Crippen molar-refractivity contribution in [3.05, 3.63) is 576 Å². The second kappa shape index (κ2) is 37.0. The third-order valence-electron chi connectivity index (χ3n) is 30.8. The summed E-state index contributed by atoms with van der Waals surface area (Å²) in [5, 5.41) is 27.9. The van der Waals surface area contributed by atoms with Crippen LogP contribution >= 0.6 is 0 Å². The topological polar surface area (TPSA) is 14.8 Å². The lowest BCUT2D eigenvalue weighted by Gasteiger charge is -2.18. The Morgan fingerprint density at radius 2 is 0.295 bits per heavy atom. The van der Waals surface area contributed by atoms with E-state index in [-0.39, 0.29) is 0 Å². The summed E-state index contributed by atoms with van der Waals surface area (Å²) in [5.41, 5.74) is 35.7. The summed E-state index contributed by atoms with van der Waals surface area (Å²) >= 11 is 0. The second-order valence-electron chi connectivity index (χ2n) is 39.0. The van der Waals surface area contributed by atoms with Crippen LogP contribution in [0, 0.1) is 0 Å². The second-order valence-corrected chi connectivity index (χ2v) is 39.0. The molecular formula is C146H95N3. The molecule has 0 bridgehead atoms. The average Bonchev–Trinajstić information content (AvgIpc) is 1.65. The van der Waals surface area contributed by atoms with Crippen LogP contribution in [0.5, 0.6) is 0 Å². The first-order valence-electron chi connectivity index (χ1n) is 51.5. The molecule has 3 nitrogen and oxygen atoms in total. The molecule has 30 aromatic rings. The van der Waals surface area contributed by atoms with Gasteiger partial charge in [-0.3, -0.25) is 0 Å². The molecule has 0 N–H and O–H groups in total. The van der Waals surface area contributed by atoms with Crippen molar-refractivity contribution in [2.75, 3.05) is 0 Å². The number of hydrogen-bond donors (Lipinski definition) is 0. The fraction of sp³-hybridized carbons (Fsp3) is 0. The van der Waals surface area contributed by atoms with Crippen LogP contribution < -0.4 is 0 Å². The van der Waals surface area contributed by atoms with Crippen LogP contribution in [-0.2, 0) is 0 Å². The van der Waals surface area contributed by atoms with Crippen LogP contribution in [0.2, 0.25) is 0 Å². The highest BCUT2D eigenvalue weighted by Gasteiger charge is 2.25. The van der Waals surface area contributed by atoms with Crippen LogP contribution in [-0.4, -0.2) is 13.7 Å². The highest BCUT2D eigenvalue weighted by Crippen LogP contribution is 2.51. The first-order valence-corrected chi connectivity index (χ1v) is 51.5. The summed E-state index contributed by atoms with van der Waals surface area (Å²) in [5.74, 6) is 0. The predicted molar refractivity (Wildman–Crippen MR) is 637 cm³/mol. The van der Waals surface area contributed by atoms with Crippen LogP contribution in [0.4, 0.5) is 0 Å². The van der Waals surface area contributed by atoms with E-state index in [2.05, 4.69) is 590 Å². The van der Waals surface area contributed by atoms with E-state index in [0.717, 1.165) is 17.1 Å². The van der Waals surface area contributed by atoms with Crippen molar-refractivity contribution < 1.29 is 0 Å². The lowest BCUT2D eigenvalue weighted by atomic mass is 9.86. The van der Waals surface area contributed by atoms with Crippen molar-refractivity contribution >= 4 is 152 Å². The summed E-state index contributed by atoms with van der Waals surface area (Å²) in [6, 6.07) is 210. The molecule has 149 heavy (non-hydrogen) atoms.